The summed E-state index contributed by atoms with van der Waals surface area (Å²) >= 11 is 0. The van der Waals surface area contributed by atoms with Gasteiger partial charge in [0.15, 0.2) is 0 Å². The average Bonchev–Trinajstić information content (AvgIpc) is 3.27. The molecule has 2 aliphatic rings. The number of anilines is 3. The molecule has 0 radical (unpaired) electrons. The fraction of sp³-hybridized carbons (Fsp3) is 0.500. The third-order valence-corrected chi connectivity index (χ3v) is 5.67. The number of carbonyl (C=O) groups excluding carboxylic acids is 1. The Morgan fingerprint density at radius 1 is 1.17 bits per heavy atom. The van der Waals surface area contributed by atoms with Crippen molar-refractivity contribution in [2.24, 2.45) is 5.92 Å². The second-order valence-electron chi connectivity index (χ2n) is 7.95. The Morgan fingerprint density at radius 3 is 2.69 bits per heavy atom. The standard InChI is InChI=1S/C22H29N5O2/c1-16-9-12-27(13-10-16)18-6-4-17(5-7-18)25-22-23-11-8-20(26-22)21(28)24-15-19-3-2-14-29-19/h4-8,11,16,19H,2-3,9-10,12-15H2,1H3,(H,24,28)(H,23,25,26). The molecule has 2 fully saturated rings. The Bertz CT molecular complexity index is 812. The topological polar surface area (TPSA) is 79.4 Å². The maximum Gasteiger partial charge on any atom is 0.270 e. The Balaban J connectivity index is 1.34. The average molecular weight is 396 g/mol. The van der Waals surface area contributed by atoms with Gasteiger partial charge in [-0.05, 0) is 61.9 Å². The Hall–Kier alpha value is -2.67. The van der Waals surface area contributed by atoms with Crippen LogP contribution in [0.5, 0.6) is 0 Å². The first-order chi connectivity index (χ1) is 14.2. The molecule has 1 atom stereocenters. The molecule has 2 saturated heterocycles. The monoisotopic (exact) mass is 395 g/mol. The summed E-state index contributed by atoms with van der Waals surface area (Å²) in [6.45, 7) is 5.83. The summed E-state index contributed by atoms with van der Waals surface area (Å²) in [6, 6.07) is 9.92. The van der Waals surface area contributed by atoms with Crippen LogP contribution in [0.25, 0.3) is 0 Å². The molecule has 1 unspecified atom stereocenters. The Kier molecular flexibility index (Phi) is 6.24. The molecule has 3 heterocycles. The summed E-state index contributed by atoms with van der Waals surface area (Å²) in [5, 5.41) is 6.08. The number of carbonyl (C=O) groups is 1. The van der Waals surface area contributed by atoms with Gasteiger partial charge in [-0.2, -0.15) is 0 Å². The van der Waals surface area contributed by atoms with Gasteiger partial charge in [0, 0.05) is 43.8 Å². The van der Waals surface area contributed by atoms with E-state index in [1.54, 1.807) is 12.3 Å². The molecule has 7 heteroatoms. The summed E-state index contributed by atoms with van der Waals surface area (Å²) in [6.07, 6.45) is 6.24. The van der Waals surface area contributed by atoms with Gasteiger partial charge in [-0.1, -0.05) is 6.92 Å². The van der Waals surface area contributed by atoms with Gasteiger partial charge in [0.05, 0.1) is 6.10 Å². The highest BCUT2D eigenvalue weighted by Crippen LogP contribution is 2.25. The van der Waals surface area contributed by atoms with E-state index < -0.39 is 0 Å². The minimum Gasteiger partial charge on any atom is -0.376 e. The van der Waals surface area contributed by atoms with Crippen LogP contribution in [0.3, 0.4) is 0 Å². The predicted octanol–water partition coefficient (Wildman–Crippen LogP) is 3.37. The summed E-state index contributed by atoms with van der Waals surface area (Å²) in [5.41, 5.74) is 2.49. The summed E-state index contributed by atoms with van der Waals surface area (Å²) in [5.74, 6) is 1.02. The molecule has 0 spiro atoms. The van der Waals surface area contributed by atoms with Gasteiger partial charge < -0.3 is 20.3 Å². The SMILES string of the molecule is CC1CCN(c2ccc(Nc3nccc(C(=O)NCC4CCCO4)n3)cc2)CC1. The first-order valence-electron chi connectivity index (χ1n) is 10.5. The van der Waals surface area contributed by atoms with E-state index in [4.69, 9.17) is 4.74 Å². The molecule has 1 amide bonds. The Labute approximate surface area is 171 Å². The minimum atomic E-state index is -0.208. The first kappa shape index (κ1) is 19.6. The zero-order valence-corrected chi connectivity index (χ0v) is 16.9. The van der Waals surface area contributed by atoms with E-state index in [0.717, 1.165) is 44.1 Å². The normalized spacial score (nSPS) is 19.9. The van der Waals surface area contributed by atoms with E-state index in [1.807, 2.05) is 12.1 Å². The van der Waals surface area contributed by atoms with E-state index in [1.165, 1.54) is 18.5 Å². The van der Waals surface area contributed by atoms with Gasteiger partial charge >= 0.3 is 0 Å². The molecular weight excluding hydrogens is 366 g/mol. The van der Waals surface area contributed by atoms with Gasteiger partial charge in [-0.25, -0.2) is 9.97 Å². The summed E-state index contributed by atoms with van der Waals surface area (Å²) in [7, 11) is 0. The second kappa shape index (κ2) is 9.22. The molecule has 2 aromatic rings. The van der Waals surface area contributed by atoms with Crippen LogP contribution in [0.4, 0.5) is 17.3 Å². The number of hydrogen-bond acceptors (Lipinski definition) is 6. The largest absolute Gasteiger partial charge is 0.376 e. The molecule has 7 nitrogen and oxygen atoms in total. The van der Waals surface area contributed by atoms with Crippen LogP contribution in [-0.2, 0) is 4.74 Å². The lowest BCUT2D eigenvalue weighted by Gasteiger charge is -2.32. The minimum absolute atomic E-state index is 0.111. The van der Waals surface area contributed by atoms with Crippen molar-refractivity contribution >= 4 is 23.2 Å². The van der Waals surface area contributed by atoms with Crippen LogP contribution in [0, 0.1) is 5.92 Å². The number of rotatable bonds is 6. The third-order valence-electron chi connectivity index (χ3n) is 5.67. The van der Waals surface area contributed by atoms with Crippen LogP contribution in [-0.4, -0.2) is 48.2 Å². The number of piperidine rings is 1. The number of nitrogens with zero attached hydrogens (tertiary/aromatic N) is 3. The van der Waals surface area contributed by atoms with Crippen molar-refractivity contribution in [2.45, 2.75) is 38.7 Å². The zero-order valence-electron chi connectivity index (χ0n) is 16.9. The number of ether oxygens (including phenoxy) is 1. The molecule has 1 aromatic carbocycles. The third kappa shape index (κ3) is 5.23. The Morgan fingerprint density at radius 2 is 1.97 bits per heavy atom. The van der Waals surface area contributed by atoms with Gasteiger partial charge in [-0.15, -0.1) is 0 Å². The van der Waals surface area contributed by atoms with Crippen LogP contribution >= 0.6 is 0 Å². The quantitative estimate of drug-likeness (QED) is 0.781. The smallest absolute Gasteiger partial charge is 0.270 e. The lowest BCUT2D eigenvalue weighted by molar-refractivity contribution is 0.0853. The number of benzene rings is 1. The van der Waals surface area contributed by atoms with Crippen molar-refractivity contribution in [3.63, 3.8) is 0 Å². The van der Waals surface area contributed by atoms with Crippen molar-refractivity contribution in [3.8, 4) is 0 Å². The van der Waals surface area contributed by atoms with Crippen LogP contribution in [0.2, 0.25) is 0 Å². The fourth-order valence-corrected chi connectivity index (χ4v) is 3.80. The highest BCUT2D eigenvalue weighted by atomic mass is 16.5. The predicted molar refractivity (Wildman–Crippen MR) is 114 cm³/mol. The maximum absolute atomic E-state index is 12.4. The van der Waals surface area contributed by atoms with E-state index in [9.17, 15) is 4.79 Å². The zero-order chi connectivity index (χ0) is 20.1. The van der Waals surface area contributed by atoms with Crippen LogP contribution in [0.15, 0.2) is 36.5 Å². The first-order valence-corrected chi connectivity index (χ1v) is 10.5. The number of hydrogen-bond donors (Lipinski definition) is 2. The van der Waals surface area contributed by atoms with E-state index in [-0.39, 0.29) is 12.0 Å². The molecular formula is C22H29N5O2. The van der Waals surface area contributed by atoms with Crippen molar-refractivity contribution in [2.75, 3.05) is 36.5 Å². The highest BCUT2D eigenvalue weighted by molar-refractivity contribution is 5.92. The van der Waals surface area contributed by atoms with Gasteiger partial charge in [0.1, 0.15) is 5.69 Å². The molecule has 2 N–H and O–H groups in total. The van der Waals surface area contributed by atoms with Crippen LogP contribution in [0.1, 0.15) is 43.1 Å². The van der Waals surface area contributed by atoms with E-state index >= 15 is 0 Å². The van der Waals surface area contributed by atoms with Crippen molar-refractivity contribution in [3.05, 3.63) is 42.2 Å². The molecule has 4 rings (SSSR count). The lowest BCUT2D eigenvalue weighted by Crippen LogP contribution is -2.32. The number of nitrogens with one attached hydrogen (secondary N) is 2. The van der Waals surface area contributed by atoms with Crippen molar-refractivity contribution in [1.82, 2.24) is 15.3 Å². The number of aromatic nitrogens is 2. The lowest BCUT2D eigenvalue weighted by atomic mass is 9.99. The summed E-state index contributed by atoms with van der Waals surface area (Å²) < 4.78 is 5.54. The molecule has 0 saturated carbocycles. The maximum atomic E-state index is 12.4. The second-order valence-corrected chi connectivity index (χ2v) is 7.95. The molecule has 0 aliphatic carbocycles. The van der Waals surface area contributed by atoms with E-state index in [2.05, 4.69) is 44.6 Å². The van der Waals surface area contributed by atoms with E-state index in [0.29, 0.717) is 18.2 Å². The molecule has 0 bridgehead atoms. The molecule has 2 aliphatic heterocycles. The molecule has 154 valence electrons. The van der Waals surface area contributed by atoms with Gasteiger partial charge in [-0.3, -0.25) is 4.79 Å². The molecule has 29 heavy (non-hydrogen) atoms. The highest BCUT2D eigenvalue weighted by Gasteiger charge is 2.18. The van der Waals surface area contributed by atoms with Crippen molar-refractivity contribution < 1.29 is 9.53 Å². The fourth-order valence-electron chi connectivity index (χ4n) is 3.80. The van der Waals surface area contributed by atoms with Gasteiger partial charge in [0.2, 0.25) is 5.95 Å². The number of amides is 1. The molecule has 1 aromatic heterocycles. The van der Waals surface area contributed by atoms with Crippen molar-refractivity contribution in [1.29, 1.82) is 0 Å². The van der Waals surface area contributed by atoms with Gasteiger partial charge in [0.25, 0.3) is 5.91 Å². The summed E-state index contributed by atoms with van der Waals surface area (Å²) in [4.78, 5) is 23.4. The van der Waals surface area contributed by atoms with Crippen LogP contribution < -0.4 is 15.5 Å².